The van der Waals surface area contributed by atoms with Crippen LogP contribution in [0.2, 0.25) is 0 Å². The van der Waals surface area contributed by atoms with Crippen LogP contribution >= 0.6 is 0 Å². The first-order valence-electron chi connectivity index (χ1n) is 18.4. The van der Waals surface area contributed by atoms with E-state index < -0.39 is 5.41 Å². The van der Waals surface area contributed by atoms with Crippen LogP contribution in [0.3, 0.4) is 0 Å². The summed E-state index contributed by atoms with van der Waals surface area (Å²) in [5, 5.41) is 0. The van der Waals surface area contributed by atoms with Gasteiger partial charge in [0.25, 0.3) is 0 Å². The monoisotopic (exact) mass is 673 g/mol. The fourth-order valence-electron chi connectivity index (χ4n) is 6.27. The quantitative estimate of drug-likeness (QED) is 0.215. The molecule has 0 amide bonds. The molecule has 1 aliphatic carbocycles. The summed E-state index contributed by atoms with van der Waals surface area (Å²) in [6.07, 6.45) is 31.1. The van der Waals surface area contributed by atoms with Gasteiger partial charge >= 0.3 is 0 Å². The molecule has 0 saturated heterocycles. The summed E-state index contributed by atoms with van der Waals surface area (Å²) in [7, 11) is 0. The molecule has 0 N–H and O–H groups in total. The van der Waals surface area contributed by atoms with Crippen LogP contribution in [0, 0.1) is 0 Å². The van der Waals surface area contributed by atoms with E-state index in [1.807, 2.05) is 58.9 Å². The normalized spacial score (nSPS) is 17.3. The van der Waals surface area contributed by atoms with E-state index in [-0.39, 0.29) is 0 Å². The molecule has 2 aliphatic rings. The third-order valence-electron chi connectivity index (χ3n) is 8.41. The lowest BCUT2D eigenvalue weighted by molar-refractivity contribution is 0.599. The Kier molecular flexibility index (Phi) is 18.9. The van der Waals surface area contributed by atoms with Gasteiger partial charge in [-0.05, 0) is 82.9 Å². The molecule has 0 radical (unpaired) electrons. The number of benzene rings is 3. The van der Waals surface area contributed by atoms with Crippen LogP contribution in [-0.4, -0.2) is 4.90 Å². The maximum absolute atomic E-state index is 4.43. The summed E-state index contributed by atoms with van der Waals surface area (Å²) >= 11 is 0. The van der Waals surface area contributed by atoms with Crippen molar-refractivity contribution < 1.29 is 0 Å². The highest BCUT2D eigenvalue weighted by molar-refractivity contribution is 5.86. The molecule has 1 aliphatic heterocycles. The Balaban J connectivity index is 0.000000908. The minimum atomic E-state index is -0.465. The molecule has 51 heavy (non-hydrogen) atoms. The van der Waals surface area contributed by atoms with E-state index in [1.54, 1.807) is 12.2 Å². The topological polar surface area (TPSA) is 3.24 Å². The highest BCUT2D eigenvalue weighted by Gasteiger charge is 2.47. The van der Waals surface area contributed by atoms with Crippen LogP contribution < -0.4 is 0 Å². The lowest BCUT2D eigenvalue weighted by Gasteiger charge is -2.37. The van der Waals surface area contributed by atoms with Crippen molar-refractivity contribution in [1.29, 1.82) is 0 Å². The first-order valence-corrected chi connectivity index (χ1v) is 18.4. The van der Waals surface area contributed by atoms with Gasteiger partial charge in [0.1, 0.15) is 0 Å². The molecule has 3 aromatic rings. The summed E-state index contributed by atoms with van der Waals surface area (Å²) in [4.78, 5) is 2.27. The molecule has 1 heterocycles. The molecule has 0 atom stereocenters. The van der Waals surface area contributed by atoms with Crippen molar-refractivity contribution in [1.82, 2.24) is 4.90 Å². The molecule has 0 saturated carbocycles. The Morgan fingerprint density at radius 2 is 1.31 bits per heavy atom. The van der Waals surface area contributed by atoms with Gasteiger partial charge in [-0.15, -0.1) is 0 Å². The highest BCUT2D eigenvalue weighted by Crippen LogP contribution is 2.57. The van der Waals surface area contributed by atoms with Gasteiger partial charge in [0.15, 0.2) is 0 Å². The lowest BCUT2D eigenvalue weighted by Crippen LogP contribution is -2.31. The average molecular weight is 674 g/mol. The minimum absolute atomic E-state index is 0.465. The average Bonchev–Trinajstić information content (AvgIpc) is 3.47. The third kappa shape index (κ3) is 10.5. The number of hydrogen-bond donors (Lipinski definition) is 0. The van der Waals surface area contributed by atoms with Crippen molar-refractivity contribution in [3.05, 3.63) is 230 Å². The largest absolute Gasteiger partial charge is 0.324 e. The van der Waals surface area contributed by atoms with E-state index in [9.17, 15) is 0 Å². The zero-order chi connectivity index (χ0) is 37.5. The molecule has 0 aromatic heterocycles. The lowest BCUT2D eigenvalue weighted by atomic mass is 9.66. The molecule has 0 spiro atoms. The standard InChI is InChI=1S/C41H39N.C5H8.2C2H6/c1-5-7-8-12-23-36(19-6-2)42-30-18-17-20-32(3)33(4)28-29-35(31-42)41(34-21-10-9-11-22-34)39-26-15-13-24-37(39)38-25-14-16-27-40(38)41;1-3-5-4-2;2*1-2/h5,7-27,30-31H,1,3-4,6,28-29H2,2H3;3-5H,1H2,2H3;2*1-2H3/b8-7+,20-17-,23-12+,30-18-,35-31+,36-19+;5-4-;;. The van der Waals surface area contributed by atoms with Crippen LogP contribution in [0.5, 0.6) is 0 Å². The molecule has 5 rings (SSSR count). The maximum Gasteiger partial charge on any atom is 0.0690 e. The van der Waals surface area contributed by atoms with Gasteiger partial charge in [0.2, 0.25) is 0 Å². The fraction of sp³-hybridized carbons (Fsp3) is 0.200. The van der Waals surface area contributed by atoms with Crippen LogP contribution in [0.15, 0.2) is 213 Å². The molecule has 1 nitrogen and oxygen atoms in total. The number of nitrogens with zero attached hydrogens (tertiary/aromatic N) is 1. The van der Waals surface area contributed by atoms with Gasteiger partial charge in [0.05, 0.1) is 5.41 Å². The molecule has 1 heteroatoms. The number of rotatable bonds is 8. The summed E-state index contributed by atoms with van der Waals surface area (Å²) in [5.41, 5.74) is 10.4. The van der Waals surface area contributed by atoms with Crippen LogP contribution in [0.25, 0.3) is 11.1 Å². The SMILES string of the molecule is C=C/C=C/C=C/C(=C\CC)N1/C=C\C=C/C(=C)C(=C)CC/C(C2(c3ccccc3)c3ccccc3-c3ccccc32)=C\1.C=C/C=C\C.CC.CC. The molecule has 3 aromatic carbocycles. The predicted octanol–water partition coefficient (Wildman–Crippen LogP) is 14.6. The van der Waals surface area contributed by atoms with Gasteiger partial charge in [-0.25, -0.2) is 0 Å². The smallest absolute Gasteiger partial charge is 0.0690 e. The zero-order valence-electron chi connectivity index (χ0n) is 32.0. The van der Waals surface area contributed by atoms with E-state index >= 15 is 0 Å². The minimum Gasteiger partial charge on any atom is -0.324 e. The van der Waals surface area contributed by atoms with Crippen LogP contribution in [0.1, 0.15) is 77.5 Å². The van der Waals surface area contributed by atoms with Crippen molar-refractivity contribution in [2.45, 2.75) is 66.2 Å². The maximum atomic E-state index is 4.43. The number of allylic oxidation sites excluding steroid dienone is 15. The van der Waals surface area contributed by atoms with Gasteiger partial charge in [-0.2, -0.15) is 0 Å². The zero-order valence-corrected chi connectivity index (χ0v) is 32.0. The van der Waals surface area contributed by atoms with Gasteiger partial charge in [-0.3, -0.25) is 0 Å². The summed E-state index contributed by atoms with van der Waals surface area (Å²) in [5.74, 6) is 0. The molecule has 0 bridgehead atoms. The Bertz CT molecular complexity index is 1740. The fourth-order valence-corrected chi connectivity index (χ4v) is 6.27. The van der Waals surface area contributed by atoms with Crippen LogP contribution in [0.4, 0.5) is 0 Å². The Morgan fingerprint density at radius 3 is 1.86 bits per heavy atom. The summed E-state index contributed by atoms with van der Waals surface area (Å²) in [6.45, 7) is 28.2. The van der Waals surface area contributed by atoms with Gasteiger partial charge in [-0.1, -0.05) is 201 Å². The first-order chi connectivity index (χ1) is 25.0. The van der Waals surface area contributed by atoms with Crippen molar-refractivity contribution in [3.63, 3.8) is 0 Å². The van der Waals surface area contributed by atoms with E-state index in [2.05, 4.69) is 166 Å². The molecule has 0 unspecified atom stereocenters. The summed E-state index contributed by atoms with van der Waals surface area (Å²) < 4.78 is 0. The Hall–Kier alpha value is -5.40. The van der Waals surface area contributed by atoms with Gasteiger partial charge in [0, 0.05) is 18.1 Å². The molecular weight excluding hydrogens is 615 g/mol. The van der Waals surface area contributed by atoms with E-state index in [0.29, 0.717) is 0 Å². The number of hydrogen-bond acceptors (Lipinski definition) is 1. The van der Waals surface area contributed by atoms with E-state index in [1.165, 1.54) is 33.4 Å². The number of fused-ring (bicyclic) bond motifs is 3. The van der Waals surface area contributed by atoms with Crippen LogP contribution in [-0.2, 0) is 5.41 Å². The van der Waals surface area contributed by atoms with E-state index in [0.717, 1.165) is 36.1 Å². The summed E-state index contributed by atoms with van der Waals surface area (Å²) in [6, 6.07) is 28.8. The van der Waals surface area contributed by atoms with Crippen molar-refractivity contribution >= 4 is 0 Å². The van der Waals surface area contributed by atoms with Crippen molar-refractivity contribution in [2.75, 3.05) is 0 Å². The van der Waals surface area contributed by atoms with E-state index in [4.69, 9.17) is 0 Å². The highest BCUT2D eigenvalue weighted by atomic mass is 15.1. The van der Waals surface area contributed by atoms with Crippen molar-refractivity contribution in [2.24, 2.45) is 0 Å². The van der Waals surface area contributed by atoms with Crippen molar-refractivity contribution in [3.8, 4) is 11.1 Å². The predicted molar refractivity (Wildman–Crippen MR) is 228 cm³/mol. The molecule has 264 valence electrons. The second-order valence-electron chi connectivity index (χ2n) is 11.4. The third-order valence-corrected chi connectivity index (χ3v) is 8.41. The first kappa shape index (κ1) is 41.8. The molecule has 0 fully saturated rings. The second kappa shape index (κ2) is 23.1. The molecular formula is C50H59N. The van der Waals surface area contributed by atoms with Gasteiger partial charge < -0.3 is 4.90 Å². The Morgan fingerprint density at radius 1 is 0.725 bits per heavy atom. The second-order valence-corrected chi connectivity index (χ2v) is 11.4. The Labute approximate surface area is 310 Å².